The number of carbonyl (C=O) groups excluding carboxylic acids is 1. The highest BCUT2D eigenvalue weighted by Crippen LogP contribution is 2.44. The van der Waals surface area contributed by atoms with Crippen molar-refractivity contribution < 1.29 is 14.3 Å². The largest absolute Gasteiger partial charge is 0.448 e. The molecule has 2 aromatic carbocycles. The minimum Gasteiger partial charge on any atom is -0.448 e. The zero-order valence-corrected chi connectivity index (χ0v) is 16.1. The highest BCUT2D eigenvalue weighted by atomic mass is 16.5. The second-order valence-corrected chi connectivity index (χ2v) is 8.12. The van der Waals surface area contributed by atoms with Crippen LogP contribution in [-0.2, 0) is 32.9 Å². The number of carbonyl (C=O) groups is 1. The first-order valence-corrected chi connectivity index (χ1v) is 9.91. The fourth-order valence-electron chi connectivity index (χ4n) is 4.56. The highest BCUT2D eigenvalue weighted by molar-refractivity contribution is 6.01. The third-order valence-corrected chi connectivity index (χ3v) is 6.20. The molecule has 5 heteroatoms. The number of aliphatic imine (C=N–C) groups is 1. The van der Waals surface area contributed by atoms with Crippen molar-refractivity contribution in [2.24, 2.45) is 4.99 Å². The van der Waals surface area contributed by atoms with Crippen molar-refractivity contribution >= 4 is 11.9 Å². The van der Waals surface area contributed by atoms with Crippen LogP contribution in [0.15, 0.2) is 59.6 Å². The Bertz CT molecular complexity index is 932. The molecule has 28 heavy (non-hydrogen) atoms. The summed E-state index contributed by atoms with van der Waals surface area (Å²) < 4.78 is 12.3. The van der Waals surface area contributed by atoms with Crippen molar-refractivity contribution in [2.45, 2.75) is 44.0 Å². The van der Waals surface area contributed by atoms with E-state index in [1.807, 2.05) is 37.3 Å². The van der Waals surface area contributed by atoms with Gasteiger partial charge in [-0.25, -0.2) is 0 Å². The van der Waals surface area contributed by atoms with Gasteiger partial charge in [0, 0.05) is 19.5 Å². The average Bonchev–Trinajstić information content (AvgIpc) is 3.22. The van der Waals surface area contributed by atoms with Gasteiger partial charge in [-0.2, -0.15) is 4.99 Å². The number of likely N-dealkylation sites (tertiary alicyclic amines) is 1. The van der Waals surface area contributed by atoms with Crippen molar-refractivity contribution in [1.29, 1.82) is 0 Å². The van der Waals surface area contributed by atoms with Crippen molar-refractivity contribution in [3.63, 3.8) is 0 Å². The predicted octanol–water partition coefficient (Wildman–Crippen LogP) is 3.42. The summed E-state index contributed by atoms with van der Waals surface area (Å²) in [5.41, 5.74) is 2.54. The quantitative estimate of drug-likeness (QED) is 0.806. The van der Waals surface area contributed by atoms with Crippen molar-refractivity contribution in [3.05, 3.63) is 71.3 Å². The minimum atomic E-state index is -0.928. The lowest BCUT2D eigenvalue weighted by Gasteiger charge is -2.39. The third-order valence-electron chi connectivity index (χ3n) is 6.20. The number of hydrogen-bond donors (Lipinski definition) is 0. The van der Waals surface area contributed by atoms with Crippen LogP contribution in [0.1, 0.15) is 36.5 Å². The van der Waals surface area contributed by atoms with Crippen LogP contribution >= 0.6 is 0 Å². The Morgan fingerprint density at radius 3 is 2.54 bits per heavy atom. The summed E-state index contributed by atoms with van der Waals surface area (Å²) >= 11 is 0. The minimum absolute atomic E-state index is 0.200. The molecular formula is C23H24N2O3. The van der Waals surface area contributed by atoms with Gasteiger partial charge < -0.3 is 14.4 Å². The fourth-order valence-corrected chi connectivity index (χ4v) is 4.56. The second kappa shape index (κ2) is 6.45. The van der Waals surface area contributed by atoms with Crippen LogP contribution in [0.2, 0.25) is 0 Å². The smallest absolute Gasteiger partial charge is 0.296 e. The Balaban J connectivity index is 1.28. The monoisotopic (exact) mass is 376 g/mol. The molecule has 0 saturated carbocycles. The first-order valence-electron chi connectivity index (χ1n) is 9.91. The number of fused-ring (bicyclic) bond motifs is 2. The van der Waals surface area contributed by atoms with E-state index in [-0.39, 0.29) is 11.5 Å². The van der Waals surface area contributed by atoms with E-state index in [9.17, 15) is 4.79 Å². The lowest BCUT2D eigenvalue weighted by Crippen LogP contribution is -2.46. The standard InChI is InChI=1S/C23H24N2O3/c1-22(15-17-7-3-2-4-8-17)20(26)24-21(28-22)25-13-11-23(12-14-25)19-10-6-5-9-18(19)16-27-23/h2-10H,11-16H2,1H3. The van der Waals surface area contributed by atoms with Gasteiger partial charge in [-0.05, 0) is 36.5 Å². The number of hydrogen-bond acceptors (Lipinski definition) is 4. The first kappa shape index (κ1) is 17.4. The number of rotatable bonds is 2. The van der Waals surface area contributed by atoms with Crippen LogP contribution in [0, 0.1) is 0 Å². The first-order chi connectivity index (χ1) is 13.6. The Hall–Kier alpha value is -2.66. The van der Waals surface area contributed by atoms with E-state index in [0.29, 0.717) is 19.0 Å². The van der Waals surface area contributed by atoms with Crippen LogP contribution in [0.5, 0.6) is 0 Å². The number of amidine groups is 1. The molecule has 0 N–H and O–H groups in total. The molecule has 1 saturated heterocycles. The van der Waals surface area contributed by atoms with Gasteiger partial charge in [0.2, 0.25) is 0 Å². The predicted molar refractivity (Wildman–Crippen MR) is 106 cm³/mol. The number of piperidine rings is 1. The summed E-state index contributed by atoms with van der Waals surface area (Å²) in [6.07, 6.45) is 2.26. The summed E-state index contributed by atoms with van der Waals surface area (Å²) in [4.78, 5) is 19.0. The van der Waals surface area contributed by atoms with Gasteiger partial charge in [0.1, 0.15) is 0 Å². The molecule has 1 fully saturated rings. The van der Waals surface area contributed by atoms with E-state index in [1.165, 1.54) is 11.1 Å². The molecule has 5 nitrogen and oxygen atoms in total. The number of nitrogens with zero attached hydrogens (tertiary/aromatic N) is 2. The zero-order chi connectivity index (χ0) is 19.2. The topological polar surface area (TPSA) is 51.1 Å². The Kier molecular flexibility index (Phi) is 4.02. The summed E-state index contributed by atoms with van der Waals surface area (Å²) in [5, 5.41) is 0. The zero-order valence-electron chi connectivity index (χ0n) is 16.1. The summed E-state index contributed by atoms with van der Waals surface area (Å²) in [5.74, 6) is -0.200. The molecule has 1 unspecified atom stereocenters. The molecule has 0 bridgehead atoms. The summed E-state index contributed by atoms with van der Waals surface area (Å²) in [6.45, 7) is 4.05. The molecule has 0 aliphatic carbocycles. The molecule has 3 heterocycles. The number of amides is 1. The van der Waals surface area contributed by atoms with Crippen LogP contribution in [0.25, 0.3) is 0 Å². The highest BCUT2D eigenvalue weighted by Gasteiger charge is 2.47. The maximum atomic E-state index is 12.6. The molecule has 0 radical (unpaired) electrons. The third kappa shape index (κ3) is 2.81. The maximum absolute atomic E-state index is 12.6. The molecule has 144 valence electrons. The summed E-state index contributed by atoms with van der Waals surface area (Å²) in [6, 6.07) is 18.9. The fraction of sp³-hybridized carbons (Fsp3) is 0.391. The molecular weight excluding hydrogens is 352 g/mol. The van der Waals surface area contributed by atoms with Crippen molar-refractivity contribution in [2.75, 3.05) is 13.1 Å². The van der Waals surface area contributed by atoms with Crippen LogP contribution in [0.4, 0.5) is 0 Å². The second-order valence-electron chi connectivity index (χ2n) is 8.12. The normalized spacial score (nSPS) is 25.5. The van der Waals surface area contributed by atoms with Gasteiger partial charge in [-0.15, -0.1) is 0 Å². The molecule has 1 spiro atoms. The Morgan fingerprint density at radius 1 is 1.04 bits per heavy atom. The van der Waals surface area contributed by atoms with E-state index in [0.717, 1.165) is 31.5 Å². The van der Waals surface area contributed by atoms with Crippen molar-refractivity contribution in [1.82, 2.24) is 4.90 Å². The van der Waals surface area contributed by atoms with E-state index in [2.05, 4.69) is 34.2 Å². The van der Waals surface area contributed by atoms with Gasteiger partial charge in [0.15, 0.2) is 5.60 Å². The van der Waals surface area contributed by atoms with Crippen molar-refractivity contribution in [3.8, 4) is 0 Å². The summed E-state index contributed by atoms with van der Waals surface area (Å²) in [7, 11) is 0. The van der Waals surface area contributed by atoms with Crippen LogP contribution in [-0.4, -0.2) is 35.5 Å². The molecule has 3 aliphatic heterocycles. The van der Waals surface area contributed by atoms with E-state index in [4.69, 9.17) is 9.47 Å². The maximum Gasteiger partial charge on any atom is 0.296 e. The van der Waals surface area contributed by atoms with E-state index < -0.39 is 5.60 Å². The lowest BCUT2D eigenvalue weighted by molar-refractivity contribution is -0.129. The van der Waals surface area contributed by atoms with Gasteiger partial charge >= 0.3 is 0 Å². The van der Waals surface area contributed by atoms with Gasteiger partial charge in [-0.3, -0.25) is 4.79 Å². The molecule has 0 aromatic heterocycles. The van der Waals surface area contributed by atoms with Gasteiger partial charge in [-0.1, -0.05) is 54.6 Å². The van der Waals surface area contributed by atoms with Gasteiger partial charge in [0.05, 0.1) is 12.2 Å². The SMILES string of the molecule is CC1(Cc2ccccc2)OC(N2CCC3(CC2)OCc2ccccc23)=NC1=O. The molecule has 2 aromatic rings. The molecule has 1 amide bonds. The van der Waals surface area contributed by atoms with Gasteiger partial charge in [0.25, 0.3) is 11.9 Å². The molecule has 1 atom stereocenters. The lowest BCUT2D eigenvalue weighted by atomic mass is 9.84. The Morgan fingerprint density at radius 2 is 1.75 bits per heavy atom. The Labute approximate surface area is 165 Å². The van der Waals surface area contributed by atoms with E-state index in [1.54, 1.807) is 0 Å². The number of ether oxygens (including phenoxy) is 2. The average molecular weight is 376 g/mol. The van der Waals surface area contributed by atoms with Crippen LogP contribution < -0.4 is 0 Å². The van der Waals surface area contributed by atoms with Crippen LogP contribution in [0.3, 0.4) is 0 Å². The van der Waals surface area contributed by atoms with E-state index >= 15 is 0 Å². The molecule has 5 rings (SSSR count). The number of benzene rings is 2. The molecule has 3 aliphatic rings.